The Morgan fingerprint density at radius 1 is 0.456 bits per heavy atom. The second-order valence-electron chi connectivity index (χ2n) is 21.4. The Bertz CT molecular complexity index is 3300. The van der Waals surface area contributed by atoms with Gasteiger partial charge in [-0.3, -0.25) is 0 Å². The van der Waals surface area contributed by atoms with E-state index >= 15 is 0 Å². The highest BCUT2D eigenvalue weighted by atomic mass is 32.2. The lowest BCUT2D eigenvalue weighted by atomic mass is 9.63. The van der Waals surface area contributed by atoms with Crippen LogP contribution in [0.2, 0.25) is 0 Å². The molecule has 0 radical (unpaired) electrons. The van der Waals surface area contributed by atoms with Gasteiger partial charge in [-0.05, 0) is 154 Å². The first kappa shape index (κ1) is 45.4. The number of hydrazine groups is 1. The van der Waals surface area contributed by atoms with Crippen molar-refractivity contribution < 1.29 is 16.8 Å². The molecule has 0 amide bonds. The monoisotopic (exact) mass is 946 g/mol. The van der Waals surface area contributed by atoms with Crippen molar-refractivity contribution in [3.05, 3.63) is 144 Å². The third-order valence-electron chi connectivity index (χ3n) is 14.6. The Labute approximate surface area is 399 Å². The molecule has 0 saturated carbocycles. The van der Waals surface area contributed by atoms with Crippen molar-refractivity contribution in [3.63, 3.8) is 0 Å². The molecule has 0 unspecified atom stereocenters. The number of fused-ring (bicyclic) bond motifs is 4. The van der Waals surface area contributed by atoms with Gasteiger partial charge in [-0.25, -0.2) is 35.9 Å². The van der Waals surface area contributed by atoms with E-state index in [1.54, 1.807) is 57.6 Å². The number of rotatable bonds is 9. The number of nitrogens with zero attached hydrogens (tertiary/aromatic N) is 8. The molecular formula is C54H58N8O4S2. The number of sulfone groups is 2. The fourth-order valence-electron chi connectivity index (χ4n) is 10.2. The quantitative estimate of drug-likeness (QED) is 0.129. The van der Waals surface area contributed by atoms with Crippen molar-refractivity contribution in [1.29, 1.82) is 0 Å². The van der Waals surface area contributed by atoms with Crippen molar-refractivity contribution in [2.24, 2.45) is 0 Å². The van der Waals surface area contributed by atoms with Crippen molar-refractivity contribution in [1.82, 2.24) is 29.2 Å². The summed E-state index contributed by atoms with van der Waals surface area (Å²) in [5.41, 5.74) is 10.7. The van der Waals surface area contributed by atoms with Crippen LogP contribution in [-0.4, -0.2) is 58.5 Å². The standard InChI is InChI=1S/C54H58N8O4S2/c1-51(2)27-29-53(5,6)45-33-37(19-25-43(45)51)61(49-55-47-41(13-11-31-59(47)57-49)35-15-21-39(22-16-35)67(9,63)64)62(38-20-26-44-46(34-38)54(7,8)30-28-52(44,3)4)50-56-48-42(14-12-32-60(48)58-50)36-17-23-40(24-18-36)68(10,65)66/h11-26,31-34H,27-30H2,1-10H3. The molecular weight excluding hydrogens is 889 g/mol. The van der Waals surface area contributed by atoms with Crippen LogP contribution in [0.4, 0.5) is 23.3 Å². The molecule has 68 heavy (non-hydrogen) atoms. The highest BCUT2D eigenvalue weighted by Gasteiger charge is 2.41. The Morgan fingerprint density at radius 2 is 0.794 bits per heavy atom. The van der Waals surface area contributed by atoms with Gasteiger partial charge in [0.25, 0.3) is 11.9 Å². The minimum absolute atomic E-state index is 0.0350. The highest BCUT2D eigenvalue weighted by molar-refractivity contribution is 7.91. The van der Waals surface area contributed by atoms with Crippen LogP contribution < -0.4 is 10.0 Å². The van der Waals surface area contributed by atoms with Gasteiger partial charge in [0, 0.05) is 36.0 Å². The van der Waals surface area contributed by atoms with Crippen molar-refractivity contribution in [3.8, 4) is 22.3 Å². The zero-order valence-electron chi connectivity index (χ0n) is 40.4. The van der Waals surface area contributed by atoms with Crippen LogP contribution in [0.1, 0.15) is 103 Å². The second kappa shape index (κ2) is 15.6. The molecule has 14 heteroatoms. The number of aromatic nitrogens is 6. The fourth-order valence-corrected chi connectivity index (χ4v) is 11.5. The van der Waals surface area contributed by atoms with Gasteiger partial charge >= 0.3 is 0 Å². The van der Waals surface area contributed by atoms with Crippen LogP contribution in [0, 0.1) is 0 Å². The number of benzene rings is 4. The van der Waals surface area contributed by atoms with Gasteiger partial charge in [0.05, 0.1) is 21.2 Å². The summed E-state index contributed by atoms with van der Waals surface area (Å²) in [4.78, 5) is 11.2. The molecule has 2 aliphatic rings. The molecule has 0 atom stereocenters. The SMILES string of the molecule is CC1(C)CCC(C)(C)c2cc(N(c3nc4c(-c5ccc(S(C)(=O)=O)cc5)cccn4n3)N(c3ccc4c(c3)C(C)(C)CCC4(C)C)c3nc4c(-c5ccc(S(C)(=O)=O)cc5)cccn4n3)ccc21. The van der Waals surface area contributed by atoms with E-state index in [9.17, 15) is 16.8 Å². The minimum atomic E-state index is -3.40. The molecule has 10 rings (SSSR count). The van der Waals surface area contributed by atoms with Gasteiger partial charge in [0.2, 0.25) is 0 Å². The Hall–Kier alpha value is -6.38. The third-order valence-corrected chi connectivity index (χ3v) is 16.9. The molecule has 0 fully saturated rings. The molecule has 0 spiro atoms. The molecule has 350 valence electrons. The Kier molecular flexibility index (Phi) is 10.4. The zero-order valence-corrected chi connectivity index (χ0v) is 42.0. The number of hydrogen-bond acceptors (Lipinski definition) is 10. The van der Waals surface area contributed by atoms with Crippen LogP contribution in [0.5, 0.6) is 0 Å². The summed E-state index contributed by atoms with van der Waals surface area (Å²) in [5, 5.41) is 14.6. The summed E-state index contributed by atoms with van der Waals surface area (Å²) >= 11 is 0. The molecule has 12 nitrogen and oxygen atoms in total. The topological polar surface area (TPSA) is 135 Å². The van der Waals surface area contributed by atoms with Gasteiger partial charge in [-0.2, -0.15) is 9.97 Å². The first-order chi connectivity index (χ1) is 31.9. The molecule has 4 aromatic carbocycles. The molecule has 0 saturated heterocycles. The maximum atomic E-state index is 12.4. The average Bonchev–Trinajstić information content (AvgIpc) is 3.93. The van der Waals surface area contributed by atoms with E-state index in [2.05, 4.69) is 91.8 Å². The molecule has 4 aromatic heterocycles. The molecule has 0 aliphatic heterocycles. The zero-order chi connectivity index (χ0) is 48.3. The minimum Gasteiger partial charge on any atom is -0.224 e. The summed E-state index contributed by atoms with van der Waals surface area (Å²) in [6.45, 7) is 18.6. The van der Waals surface area contributed by atoms with Gasteiger partial charge in [-0.1, -0.05) is 91.8 Å². The molecule has 8 aromatic rings. The summed E-state index contributed by atoms with van der Waals surface area (Å²) < 4.78 is 53.3. The van der Waals surface area contributed by atoms with E-state index in [-0.39, 0.29) is 31.5 Å². The summed E-state index contributed by atoms with van der Waals surface area (Å²) in [6, 6.07) is 34.9. The van der Waals surface area contributed by atoms with E-state index in [0.717, 1.165) is 59.3 Å². The van der Waals surface area contributed by atoms with Crippen LogP contribution in [-0.2, 0) is 41.3 Å². The maximum Gasteiger partial charge on any atom is 0.269 e. The smallest absolute Gasteiger partial charge is 0.224 e. The predicted molar refractivity (Wildman–Crippen MR) is 271 cm³/mol. The van der Waals surface area contributed by atoms with Crippen LogP contribution >= 0.6 is 0 Å². The van der Waals surface area contributed by atoms with E-state index in [0.29, 0.717) is 23.2 Å². The molecule has 0 bridgehead atoms. The summed E-state index contributed by atoms with van der Waals surface area (Å²) in [5.74, 6) is 0.733. The lowest BCUT2D eigenvalue weighted by Crippen LogP contribution is -2.39. The lowest BCUT2D eigenvalue weighted by Gasteiger charge is -2.43. The fraction of sp³-hybridized carbons (Fsp3) is 0.333. The first-order valence-electron chi connectivity index (χ1n) is 23.1. The van der Waals surface area contributed by atoms with Gasteiger partial charge in [-0.15, -0.1) is 10.2 Å². The van der Waals surface area contributed by atoms with Crippen LogP contribution in [0.25, 0.3) is 33.5 Å². The predicted octanol–water partition coefficient (Wildman–Crippen LogP) is 11.5. The summed E-state index contributed by atoms with van der Waals surface area (Å²) in [6.07, 6.45) is 10.3. The lowest BCUT2D eigenvalue weighted by molar-refractivity contribution is 0.332. The van der Waals surface area contributed by atoms with Crippen LogP contribution in [0.15, 0.2) is 131 Å². The van der Waals surface area contributed by atoms with E-state index in [1.807, 2.05) is 46.7 Å². The second-order valence-corrected chi connectivity index (χ2v) is 25.4. The van der Waals surface area contributed by atoms with E-state index in [1.165, 1.54) is 34.8 Å². The van der Waals surface area contributed by atoms with Crippen molar-refractivity contribution in [2.45, 2.75) is 113 Å². The molecule has 2 aliphatic carbocycles. The molecule has 0 N–H and O–H groups in total. The van der Waals surface area contributed by atoms with Gasteiger partial charge in [0.15, 0.2) is 31.0 Å². The highest BCUT2D eigenvalue weighted by Crippen LogP contribution is 2.50. The Morgan fingerprint density at radius 3 is 1.13 bits per heavy atom. The van der Waals surface area contributed by atoms with Gasteiger partial charge in [0.1, 0.15) is 0 Å². The Balaban J connectivity index is 1.25. The summed E-state index contributed by atoms with van der Waals surface area (Å²) in [7, 11) is -6.81. The number of hydrogen-bond donors (Lipinski definition) is 0. The largest absolute Gasteiger partial charge is 0.269 e. The van der Waals surface area contributed by atoms with Crippen molar-refractivity contribution >= 4 is 54.2 Å². The average molecular weight is 947 g/mol. The van der Waals surface area contributed by atoms with E-state index < -0.39 is 19.7 Å². The first-order valence-corrected chi connectivity index (χ1v) is 26.9. The van der Waals surface area contributed by atoms with E-state index in [4.69, 9.17) is 20.2 Å². The maximum absolute atomic E-state index is 12.4. The number of anilines is 4. The van der Waals surface area contributed by atoms with Crippen LogP contribution in [0.3, 0.4) is 0 Å². The third kappa shape index (κ3) is 7.84. The normalized spacial score (nSPS) is 17.1. The van der Waals surface area contributed by atoms with Crippen molar-refractivity contribution in [2.75, 3.05) is 22.5 Å². The van der Waals surface area contributed by atoms with Gasteiger partial charge < -0.3 is 0 Å². The molecule has 4 heterocycles. The number of pyridine rings is 2.